The maximum absolute atomic E-state index is 13.1. The van der Waals surface area contributed by atoms with Gasteiger partial charge in [-0.2, -0.15) is 4.31 Å². The molecule has 1 heterocycles. The zero-order valence-corrected chi connectivity index (χ0v) is 17.9. The van der Waals surface area contributed by atoms with E-state index in [1.807, 2.05) is 39.0 Å². The summed E-state index contributed by atoms with van der Waals surface area (Å²) in [6.07, 6.45) is 1.84. The van der Waals surface area contributed by atoms with Gasteiger partial charge in [0, 0.05) is 24.3 Å². The van der Waals surface area contributed by atoms with Gasteiger partial charge in [-0.3, -0.25) is 4.79 Å². The van der Waals surface area contributed by atoms with Crippen molar-refractivity contribution in [2.24, 2.45) is 5.92 Å². The lowest BCUT2D eigenvalue weighted by Crippen LogP contribution is -2.39. The number of anilines is 1. The Hall–Kier alpha value is -1.89. The summed E-state index contributed by atoms with van der Waals surface area (Å²) < 4.78 is 27.6. The number of hydrogen-bond acceptors (Lipinski definition) is 3. The van der Waals surface area contributed by atoms with Gasteiger partial charge in [-0.05, 0) is 62.4 Å². The Morgan fingerprint density at radius 1 is 1.18 bits per heavy atom. The first-order valence-corrected chi connectivity index (χ1v) is 11.2. The lowest BCUT2D eigenvalue weighted by atomic mass is 10.0. The number of hydrogen-bond donors (Lipinski definition) is 1. The van der Waals surface area contributed by atoms with Gasteiger partial charge in [-0.15, -0.1) is 0 Å². The molecule has 1 fully saturated rings. The van der Waals surface area contributed by atoms with Crippen LogP contribution in [0.1, 0.15) is 41.3 Å². The molecule has 0 bridgehead atoms. The highest BCUT2D eigenvalue weighted by molar-refractivity contribution is 7.89. The van der Waals surface area contributed by atoms with Crippen molar-refractivity contribution in [3.63, 3.8) is 0 Å². The number of nitrogens with zero attached hydrogens (tertiary/aromatic N) is 1. The maximum Gasteiger partial charge on any atom is 0.255 e. The van der Waals surface area contributed by atoms with Crippen molar-refractivity contribution >= 4 is 33.2 Å². The summed E-state index contributed by atoms with van der Waals surface area (Å²) in [6.45, 7) is 6.88. The SMILES string of the molecule is Cc1ccc(NC(=O)c2ccc(Cl)c(S(=O)(=O)N3CCCC(C)C3)c2)c(C)c1. The zero-order valence-electron chi connectivity index (χ0n) is 16.3. The van der Waals surface area contributed by atoms with Crippen molar-refractivity contribution in [3.8, 4) is 0 Å². The van der Waals surface area contributed by atoms with Crippen molar-refractivity contribution in [1.29, 1.82) is 0 Å². The Morgan fingerprint density at radius 3 is 2.61 bits per heavy atom. The summed E-state index contributed by atoms with van der Waals surface area (Å²) in [7, 11) is -3.75. The van der Waals surface area contributed by atoms with Crippen molar-refractivity contribution in [2.75, 3.05) is 18.4 Å². The van der Waals surface area contributed by atoms with Gasteiger partial charge in [0.1, 0.15) is 4.90 Å². The van der Waals surface area contributed by atoms with Gasteiger partial charge >= 0.3 is 0 Å². The molecule has 1 saturated heterocycles. The summed E-state index contributed by atoms with van der Waals surface area (Å²) in [4.78, 5) is 12.7. The van der Waals surface area contributed by atoms with Crippen LogP contribution < -0.4 is 5.32 Å². The molecule has 0 saturated carbocycles. The molecule has 150 valence electrons. The molecule has 3 rings (SSSR count). The first kappa shape index (κ1) is 20.8. The van der Waals surface area contributed by atoms with E-state index in [1.165, 1.54) is 16.4 Å². The predicted molar refractivity (Wildman–Crippen MR) is 112 cm³/mol. The van der Waals surface area contributed by atoms with E-state index >= 15 is 0 Å². The van der Waals surface area contributed by atoms with Crippen molar-refractivity contribution < 1.29 is 13.2 Å². The van der Waals surface area contributed by atoms with E-state index in [4.69, 9.17) is 11.6 Å². The zero-order chi connectivity index (χ0) is 20.5. The fourth-order valence-corrected chi connectivity index (χ4v) is 5.59. The summed E-state index contributed by atoms with van der Waals surface area (Å²) in [5.41, 5.74) is 3.00. The number of rotatable bonds is 4. The topological polar surface area (TPSA) is 66.5 Å². The number of amides is 1. The van der Waals surface area contributed by atoms with Crippen LogP contribution in [0.3, 0.4) is 0 Å². The summed E-state index contributed by atoms with van der Waals surface area (Å²) >= 11 is 6.21. The highest BCUT2D eigenvalue weighted by Gasteiger charge is 2.31. The Kier molecular flexibility index (Phi) is 6.12. The van der Waals surface area contributed by atoms with Crippen molar-refractivity contribution in [3.05, 3.63) is 58.1 Å². The van der Waals surface area contributed by atoms with Crippen LogP contribution >= 0.6 is 11.6 Å². The minimum absolute atomic E-state index is 0.0171. The molecule has 0 spiro atoms. The molecule has 2 aromatic rings. The van der Waals surface area contributed by atoms with E-state index in [0.717, 1.165) is 24.0 Å². The van der Waals surface area contributed by atoms with Crippen molar-refractivity contribution in [1.82, 2.24) is 4.31 Å². The monoisotopic (exact) mass is 420 g/mol. The quantitative estimate of drug-likeness (QED) is 0.784. The third kappa shape index (κ3) is 4.40. The number of aryl methyl sites for hydroxylation is 2. The molecule has 1 unspecified atom stereocenters. The van der Waals surface area contributed by atoms with Crippen LogP contribution in [-0.2, 0) is 10.0 Å². The van der Waals surface area contributed by atoms with E-state index in [-0.39, 0.29) is 21.4 Å². The average molecular weight is 421 g/mol. The number of carbonyl (C=O) groups excluding carboxylic acids is 1. The molecule has 0 aromatic heterocycles. The van der Waals surface area contributed by atoms with E-state index in [9.17, 15) is 13.2 Å². The van der Waals surface area contributed by atoms with Crippen LogP contribution in [0, 0.1) is 19.8 Å². The lowest BCUT2D eigenvalue weighted by molar-refractivity contribution is 0.102. The summed E-state index contributed by atoms with van der Waals surface area (Å²) in [5.74, 6) is -0.0645. The second kappa shape index (κ2) is 8.23. The van der Waals surface area contributed by atoms with Crippen LogP contribution in [0.25, 0.3) is 0 Å². The second-order valence-electron chi connectivity index (χ2n) is 7.53. The molecule has 7 heteroatoms. The smallest absolute Gasteiger partial charge is 0.255 e. The molecule has 1 atom stereocenters. The van der Waals surface area contributed by atoms with E-state index in [1.54, 1.807) is 6.07 Å². The molecule has 1 amide bonds. The molecule has 28 heavy (non-hydrogen) atoms. The van der Waals surface area contributed by atoms with Gasteiger partial charge in [0.25, 0.3) is 5.91 Å². The highest BCUT2D eigenvalue weighted by atomic mass is 35.5. The van der Waals surface area contributed by atoms with Gasteiger partial charge in [-0.25, -0.2) is 8.42 Å². The number of nitrogens with one attached hydrogen (secondary N) is 1. The van der Waals surface area contributed by atoms with Gasteiger partial charge in [-0.1, -0.05) is 36.2 Å². The summed E-state index contributed by atoms with van der Waals surface area (Å²) in [6, 6.07) is 10.1. The normalized spacial score (nSPS) is 18.1. The maximum atomic E-state index is 13.1. The van der Waals surface area contributed by atoms with E-state index in [0.29, 0.717) is 24.7 Å². The van der Waals surface area contributed by atoms with Gasteiger partial charge < -0.3 is 5.32 Å². The Morgan fingerprint density at radius 2 is 1.93 bits per heavy atom. The van der Waals surface area contributed by atoms with Gasteiger partial charge in [0.05, 0.1) is 5.02 Å². The van der Waals surface area contributed by atoms with E-state index in [2.05, 4.69) is 5.32 Å². The highest BCUT2D eigenvalue weighted by Crippen LogP contribution is 2.29. The molecule has 1 aliphatic rings. The average Bonchev–Trinajstić information content (AvgIpc) is 2.64. The minimum Gasteiger partial charge on any atom is -0.322 e. The number of piperidine rings is 1. The molecule has 0 radical (unpaired) electrons. The fraction of sp³-hybridized carbons (Fsp3) is 0.381. The molecular formula is C21H25ClN2O3S. The lowest BCUT2D eigenvalue weighted by Gasteiger charge is -2.30. The molecule has 1 N–H and O–H groups in total. The second-order valence-corrected chi connectivity index (χ2v) is 9.84. The largest absolute Gasteiger partial charge is 0.322 e. The first-order valence-electron chi connectivity index (χ1n) is 9.37. The standard InChI is InChI=1S/C21H25ClN2O3S/c1-14-6-9-19(16(3)11-14)23-21(25)17-7-8-18(22)20(12-17)28(26,27)24-10-4-5-15(2)13-24/h6-9,11-12,15H,4-5,10,13H2,1-3H3,(H,23,25). The van der Waals surface area contributed by atoms with Gasteiger partial charge in [0.15, 0.2) is 0 Å². The Balaban J connectivity index is 1.89. The van der Waals surface area contributed by atoms with Crippen LogP contribution in [-0.4, -0.2) is 31.7 Å². The Labute approximate surface area is 171 Å². The van der Waals surface area contributed by atoms with Crippen LogP contribution in [0.4, 0.5) is 5.69 Å². The molecular weight excluding hydrogens is 396 g/mol. The molecule has 2 aromatic carbocycles. The molecule has 1 aliphatic heterocycles. The number of halogens is 1. The van der Waals surface area contributed by atoms with Crippen LogP contribution in [0.2, 0.25) is 5.02 Å². The third-order valence-corrected chi connectivity index (χ3v) is 7.41. The first-order chi connectivity index (χ1) is 13.2. The number of benzene rings is 2. The van der Waals surface area contributed by atoms with Gasteiger partial charge in [0.2, 0.25) is 10.0 Å². The van der Waals surface area contributed by atoms with Crippen LogP contribution in [0.15, 0.2) is 41.3 Å². The molecule has 5 nitrogen and oxygen atoms in total. The predicted octanol–water partition coefficient (Wildman–Crippen LogP) is 4.63. The van der Waals surface area contributed by atoms with Crippen LogP contribution in [0.5, 0.6) is 0 Å². The van der Waals surface area contributed by atoms with Crippen molar-refractivity contribution in [2.45, 2.75) is 38.5 Å². The van der Waals surface area contributed by atoms with E-state index < -0.39 is 10.0 Å². The number of carbonyl (C=O) groups is 1. The summed E-state index contributed by atoms with van der Waals surface area (Å²) in [5, 5.41) is 2.97. The fourth-order valence-electron chi connectivity index (χ4n) is 3.49. The Bertz CT molecular complexity index is 1000. The number of sulfonamides is 1. The minimum atomic E-state index is -3.75. The third-order valence-electron chi connectivity index (χ3n) is 5.06. The molecule has 0 aliphatic carbocycles.